The molecule has 10 nitrogen and oxygen atoms in total. The molecule has 0 spiro atoms. The number of aliphatic carboxylic acids is 2. The lowest BCUT2D eigenvalue weighted by atomic mass is 10.1. The van der Waals surface area contributed by atoms with Crippen molar-refractivity contribution >= 4 is 23.8 Å². The highest BCUT2D eigenvalue weighted by Crippen LogP contribution is 2.01. The molecule has 0 bridgehead atoms. The van der Waals surface area contributed by atoms with Crippen LogP contribution in [0.2, 0.25) is 0 Å². The van der Waals surface area contributed by atoms with Gasteiger partial charge in [0.25, 0.3) is 0 Å². The van der Waals surface area contributed by atoms with Crippen molar-refractivity contribution in [2.75, 3.05) is 13.1 Å². The number of hydrogen-bond acceptors (Lipinski definition) is 6. The minimum atomic E-state index is -1.56. The first-order valence-corrected chi connectivity index (χ1v) is 10.8. The number of benzene rings is 2. The van der Waals surface area contributed by atoms with Crippen LogP contribution in [0.4, 0.5) is 0 Å². The van der Waals surface area contributed by atoms with Crippen molar-refractivity contribution in [1.29, 1.82) is 0 Å². The molecule has 0 saturated carbocycles. The summed E-state index contributed by atoms with van der Waals surface area (Å²) in [5, 5.41) is 23.0. The Morgan fingerprint density at radius 3 is 1.21 bits per heavy atom. The fourth-order valence-corrected chi connectivity index (χ4v) is 2.19. The predicted octanol–water partition coefficient (Wildman–Crippen LogP) is -4.45. The van der Waals surface area contributed by atoms with Crippen molar-refractivity contribution < 1.29 is 40.9 Å². The highest BCUT2D eigenvalue weighted by atomic mass is 16.4. The minimum absolute atomic E-state index is 0.808. The van der Waals surface area contributed by atoms with Gasteiger partial charge < -0.3 is 41.9 Å². The van der Waals surface area contributed by atoms with E-state index < -0.39 is 36.8 Å². The standard InChI is InChI=1S/2C11H9N.C6H8N2O6/c2*1-2-3-4-10-5-7-11(9-12)8-6-10;9-3(10)1-7-5(13)6(14)8-2-4(11)12/h2*1,5-8H,9,12H2;1-2H2,(H,7,13)(H,8,14)(H,9,10)(H,11,12). The number of hydrogen-bond donors (Lipinski definition) is 4. The summed E-state index contributed by atoms with van der Waals surface area (Å²) in [6.45, 7) is -0.0269. The Bertz CT molecular complexity index is 1190. The van der Waals surface area contributed by atoms with Gasteiger partial charge >= 0.3 is 11.8 Å². The van der Waals surface area contributed by atoms with Crippen molar-refractivity contribution in [3.63, 3.8) is 0 Å². The quantitative estimate of drug-likeness (QED) is 0.222. The summed E-state index contributed by atoms with van der Waals surface area (Å²) in [5.74, 6) is 9.71. The summed E-state index contributed by atoms with van der Waals surface area (Å²) >= 11 is 0. The number of nitrogens with one attached hydrogen (secondary N) is 2. The lowest BCUT2D eigenvalue weighted by Gasteiger charge is -2.06. The summed E-state index contributed by atoms with van der Waals surface area (Å²) in [4.78, 5) is 40.9. The summed E-state index contributed by atoms with van der Waals surface area (Å²) in [7, 11) is 0. The Balaban J connectivity index is 0.000000542. The zero-order valence-corrected chi connectivity index (χ0v) is 20.5. The second-order valence-electron chi connectivity index (χ2n) is 6.79. The molecule has 0 unspecified atom stereocenters. The number of terminal acetylenes is 2. The minimum Gasteiger partial charge on any atom is -0.548 e. The Hall–Kier alpha value is -5.52. The van der Waals surface area contributed by atoms with Gasteiger partial charge in [-0.2, -0.15) is 0 Å². The molecule has 0 aliphatic carbocycles. The van der Waals surface area contributed by atoms with Gasteiger partial charge in [-0.05, 0) is 47.9 Å². The van der Waals surface area contributed by atoms with E-state index in [4.69, 9.17) is 12.8 Å². The summed E-state index contributed by atoms with van der Waals surface area (Å²) in [6.07, 6.45) is 10.00. The fourth-order valence-electron chi connectivity index (χ4n) is 2.19. The van der Waals surface area contributed by atoms with Gasteiger partial charge in [0.15, 0.2) is 0 Å². The normalized spacial score (nSPS) is 8.32. The molecular weight excluding hydrogens is 488 g/mol. The van der Waals surface area contributed by atoms with Crippen molar-refractivity contribution in [3.05, 3.63) is 70.8 Å². The molecule has 38 heavy (non-hydrogen) atoms. The van der Waals surface area contributed by atoms with Crippen molar-refractivity contribution in [2.45, 2.75) is 13.1 Å². The number of carboxylic acid groups (broad SMARTS) is 2. The molecular formula is C28H26N4O6. The van der Waals surface area contributed by atoms with Gasteiger partial charge in [0.1, 0.15) is 0 Å². The van der Waals surface area contributed by atoms with E-state index in [-0.39, 0.29) is 0 Å². The molecule has 0 aliphatic heterocycles. The summed E-state index contributed by atoms with van der Waals surface area (Å²) in [5.41, 5.74) is 11.9. The van der Waals surface area contributed by atoms with Crippen molar-refractivity contribution in [2.24, 2.45) is 0 Å². The molecule has 2 aromatic carbocycles. The number of quaternary nitrogens is 2. The number of carboxylic acids is 2. The van der Waals surface area contributed by atoms with Crippen LogP contribution in [0.1, 0.15) is 22.3 Å². The third kappa shape index (κ3) is 16.2. The molecule has 0 saturated heterocycles. The van der Waals surface area contributed by atoms with Crippen LogP contribution in [-0.4, -0.2) is 36.8 Å². The third-order valence-corrected chi connectivity index (χ3v) is 4.04. The van der Waals surface area contributed by atoms with Crippen LogP contribution in [0.15, 0.2) is 48.5 Å². The molecule has 0 radical (unpaired) electrons. The zero-order chi connectivity index (χ0) is 28.8. The number of carbonyl (C=O) groups excluding carboxylic acids is 4. The van der Waals surface area contributed by atoms with Gasteiger partial charge in [-0.15, -0.1) is 12.8 Å². The largest absolute Gasteiger partial charge is 0.548 e. The van der Waals surface area contributed by atoms with Crippen LogP contribution >= 0.6 is 0 Å². The van der Waals surface area contributed by atoms with Gasteiger partial charge in [0, 0.05) is 22.3 Å². The highest BCUT2D eigenvalue weighted by molar-refractivity contribution is 6.35. The number of amides is 2. The maximum atomic E-state index is 10.6. The molecule has 194 valence electrons. The molecule has 2 rings (SSSR count). The molecule has 2 aromatic rings. The molecule has 2 amide bonds. The van der Waals surface area contributed by atoms with E-state index >= 15 is 0 Å². The topological polar surface area (TPSA) is 194 Å². The monoisotopic (exact) mass is 514 g/mol. The molecule has 0 heterocycles. The Labute approximate surface area is 220 Å². The van der Waals surface area contributed by atoms with Crippen molar-refractivity contribution in [1.82, 2.24) is 10.6 Å². The molecule has 8 N–H and O–H groups in total. The summed E-state index contributed by atoms with van der Waals surface area (Å²) in [6, 6.07) is 15.8. The van der Waals surface area contributed by atoms with E-state index in [1.54, 1.807) is 10.6 Å². The van der Waals surface area contributed by atoms with Crippen LogP contribution in [-0.2, 0) is 32.3 Å². The first-order chi connectivity index (χ1) is 18.2. The molecule has 0 aromatic heterocycles. The fraction of sp³-hybridized carbons (Fsp3) is 0.143. The molecule has 0 atom stereocenters. The second kappa shape index (κ2) is 19.8. The van der Waals surface area contributed by atoms with E-state index in [0.717, 1.165) is 24.2 Å². The van der Waals surface area contributed by atoms with Gasteiger partial charge in [-0.3, -0.25) is 9.59 Å². The molecule has 10 heteroatoms. The van der Waals surface area contributed by atoms with E-state index in [1.165, 1.54) is 11.1 Å². The van der Waals surface area contributed by atoms with Crippen molar-refractivity contribution in [3.8, 4) is 48.4 Å². The number of carbonyl (C=O) groups is 4. The van der Waals surface area contributed by atoms with E-state index in [2.05, 4.69) is 47.0 Å². The zero-order valence-electron chi connectivity index (χ0n) is 20.5. The van der Waals surface area contributed by atoms with Crippen LogP contribution in [0.3, 0.4) is 0 Å². The first kappa shape index (κ1) is 32.5. The maximum absolute atomic E-state index is 10.6. The van der Waals surface area contributed by atoms with Crippen LogP contribution in [0.5, 0.6) is 0 Å². The van der Waals surface area contributed by atoms with Crippen LogP contribution in [0.25, 0.3) is 0 Å². The Morgan fingerprint density at radius 1 is 0.658 bits per heavy atom. The van der Waals surface area contributed by atoms with Gasteiger partial charge in [0.05, 0.1) is 38.1 Å². The van der Waals surface area contributed by atoms with Gasteiger partial charge in [-0.25, -0.2) is 0 Å². The number of rotatable bonds is 6. The van der Waals surface area contributed by atoms with E-state index in [0.29, 0.717) is 0 Å². The third-order valence-electron chi connectivity index (χ3n) is 4.04. The average molecular weight is 515 g/mol. The van der Waals surface area contributed by atoms with E-state index in [9.17, 15) is 29.4 Å². The van der Waals surface area contributed by atoms with Crippen LogP contribution < -0.4 is 32.3 Å². The highest BCUT2D eigenvalue weighted by Gasteiger charge is 2.11. The summed E-state index contributed by atoms with van der Waals surface area (Å²) < 4.78 is 0. The smallest absolute Gasteiger partial charge is 0.309 e. The molecule has 0 aliphatic rings. The lowest BCUT2D eigenvalue weighted by molar-refractivity contribution is -0.386. The predicted molar refractivity (Wildman–Crippen MR) is 134 cm³/mol. The Morgan fingerprint density at radius 2 is 0.974 bits per heavy atom. The van der Waals surface area contributed by atoms with E-state index in [1.807, 2.05) is 48.5 Å². The molecule has 0 fully saturated rings. The van der Waals surface area contributed by atoms with Crippen LogP contribution in [0, 0.1) is 48.4 Å². The second-order valence-corrected chi connectivity index (χ2v) is 6.79. The Kier molecular flexibility index (Phi) is 16.9. The maximum Gasteiger partial charge on any atom is 0.309 e. The van der Waals surface area contributed by atoms with Gasteiger partial charge in [-0.1, -0.05) is 36.1 Å². The average Bonchev–Trinajstić information content (AvgIpc) is 2.93. The van der Waals surface area contributed by atoms with Gasteiger partial charge in [0.2, 0.25) is 0 Å². The first-order valence-electron chi connectivity index (χ1n) is 10.8. The SMILES string of the molecule is C#CC#Cc1ccc(C[NH3+])cc1.C#CC#Cc1ccc(C[NH3+])cc1.O=C([O-])CNC(=O)C(=O)NCC(=O)[O-]. The lowest BCUT2D eigenvalue weighted by Crippen LogP contribution is -2.47.